The number of ketones is 1. The first-order valence-corrected chi connectivity index (χ1v) is 9.78. The molecule has 0 fully saturated rings. The zero-order chi connectivity index (χ0) is 18.2. The summed E-state index contributed by atoms with van der Waals surface area (Å²) in [5.74, 6) is 0.988. The molecule has 2 aromatic rings. The van der Waals surface area contributed by atoms with Gasteiger partial charge in [0.05, 0.1) is 0 Å². The number of benzene rings is 2. The van der Waals surface area contributed by atoms with E-state index >= 15 is 0 Å². The molecule has 138 valence electrons. The SMILES string of the molecule is CCCC(=O)COc1ccc2c(c1)CC(NCc1ccccc1)CCC2. The summed E-state index contributed by atoms with van der Waals surface area (Å²) in [6, 6.07) is 17.4. The minimum absolute atomic E-state index is 0.171. The molecule has 0 bridgehead atoms. The highest BCUT2D eigenvalue weighted by atomic mass is 16.5. The quantitative estimate of drug-likeness (QED) is 0.713. The van der Waals surface area contributed by atoms with Gasteiger partial charge in [-0.05, 0) is 60.9 Å². The average molecular weight is 351 g/mol. The fourth-order valence-corrected chi connectivity index (χ4v) is 3.58. The van der Waals surface area contributed by atoms with Crippen LogP contribution in [-0.2, 0) is 24.2 Å². The van der Waals surface area contributed by atoms with Crippen molar-refractivity contribution in [2.24, 2.45) is 0 Å². The second-order valence-corrected chi connectivity index (χ2v) is 7.17. The number of ether oxygens (including phenoxy) is 1. The minimum Gasteiger partial charge on any atom is -0.486 e. The van der Waals surface area contributed by atoms with Crippen LogP contribution in [0.4, 0.5) is 0 Å². The van der Waals surface area contributed by atoms with Crippen LogP contribution in [0.5, 0.6) is 5.75 Å². The second-order valence-electron chi connectivity index (χ2n) is 7.17. The van der Waals surface area contributed by atoms with Gasteiger partial charge < -0.3 is 10.1 Å². The number of aryl methyl sites for hydroxylation is 1. The highest BCUT2D eigenvalue weighted by Gasteiger charge is 2.17. The fourth-order valence-electron chi connectivity index (χ4n) is 3.58. The molecule has 1 unspecified atom stereocenters. The number of carbonyl (C=O) groups excluding carboxylic acids is 1. The third-order valence-electron chi connectivity index (χ3n) is 5.01. The maximum absolute atomic E-state index is 11.7. The second kappa shape index (κ2) is 9.54. The first-order valence-electron chi connectivity index (χ1n) is 9.78. The number of nitrogens with one attached hydrogen (secondary N) is 1. The van der Waals surface area contributed by atoms with Gasteiger partial charge in [-0.3, -0.25) is 4.79 Å². The van der Waals surface area contributed by atoms with Crippen LogP contribution >= 0.6 is 0 Å². The fraction of sp³-hybridized carbons (Fsp3) is 0.435. The summed E-state index contributed by atoms with van der Waals surface area (Å²) in [7, 11) is 0. The van der Waals surface area contributed by atoms with Crippen molar-refractivity contribution in [2.45, 2.75) is 58.0 Å². The van der Waals surface area contributed by atoms with Crippen molar-refractivity contribution in [1.29, 1.82) is 0 Å². The molecule has 0 aliphatic heterocycles. The molecule has 1 aliphatic carbocycles. The smallest absolute Gasteiger partial charge is 0.170 e. The first kappa shape index (κ1) is 18.7. The van der Waals surface area contributed by atoms with Crippen LogP contribution in [0.15, 0.2) is 48.5 Å². The Morgan fingerprint density at radius 3 is 2.81 bits per heavy atom. The molecular weight excluding hydrogens is 322 g/mol. The molecule has 3 nitrogen and oxygen atoms in total. The lowest BCUT2D eigenvalue weighted by molar-refractivity contribution is -0.121. The van der Waals surface area contributed by atoms with Crippen molar-refractivity contribution >= 4 is 5.78 Å². The highest BCUT2D eigenvalue weighted by molar-refractivity contribution is 5.79. The molecule has 3 rings (SSSR count). The van der Waals surface area contributed by atoms with E-state index in [1.807, 2.05) is 13.0 Å². The molecule has 1 aliphatic rings. The Labute approximate surface area is 156 Å². The summed E-state index contributed by atoms with van der Waals surface area (Å²) >= 11 is 0. The van der Waals surface area contributed by atoms with E-state index in [0.29, 0.717) is 12.5 Å². The van der Waals surface area contributed by atoms with Gasteiger partial charge in [-0.2, -0.15) is 0 Å². The number of carbonyl (C=O) groups is 1. The number of hydrogen-bond acceptors (Lipinski definition) is 3. The van der Waals surface area contributed by atoms with Crippen molar-refractivity contribution in [1.82, 2.24) is 5.32 Å². The van der Waals surface area contributed by atoms with Gasteiger partial charge >= 0.3 is 0 Å². The third-order valence-corrected chi connectivity index (χ3v) is 5.01. The van der Waals surface area contributed by atoms with Gasteiger partial charge in [0.1, 0.15) is 12.4 Å². The molecule has 0 saturated heterocycles. The summed E-state index contributed by atoms with van der Waals surface area (Å²) in [6.07, 6.45) is 6.00. The van der Waals surface area contributed by atoms with Crippen LogP contribution in [0.2, 0.25) is 0 Å². The van der Waals surface area contributed by atoms with E-state index in [2.05, 4.69) is 47.8 Å². The molecule has 0 radical (unpaired) electrons. The lowest BCUT2D eigenvalue weighted by Gasteiger charge is -2.17. The van der Waals surface area contributed by atoms with E-state index in [-0.39, 0.29) is 12.4 Å². The van der Waals surface area contributed by atoms with Crippen molar-refractivity contribution in [3.63, 3.8) is 0 Å². The standard InChI is InChI=1S/C23H29NO2/c1-2-7-22(25)17-26-23-13-12-19-10-6-11-21(14-20(19)15-23)24-16-18-8-4-3-5-9-18/h3-5,8-9,12-13,15,21,24H,2,6-7,10-11,14,16-17H2,1H3. The van der Waals surface area contributed by atoms with Gasteiger partial charge in [0.2, 0.25) is 0 Å². The van der Waals surface area contributed by atoms with Crippen molar-refractivity contribution in [2.75, 3.05) is 6.61 Å². The lowest BCUT2D eigenvalue weighted by atomic mass is 10.0. The van der Waals surface area contributed by atoms with Crippen LogP contribution < -0.4 is 10.1 Å². The Balaban J connectivity index is 1.60. The largest absolute Gasteiger partial charge is 0.486 e. The van der Waals surface area contributed by atoms with Crippen LogP contribution in [0.1, 0.15) is 49.3 Å². The molecule has 0 heterocycles. The van der Waals surface area contributed by atoms with Crippen LogP contribution in [-0.4, -0.2) is 18.4 Å². The summed E-state index contributed by atoms with van der Waals surface area (Å²) in [6.45, 7) is 3.10. The number of hydrogen-bond donors (Lipinski definition) is 1. The van der Waals surface area contributed by atoms with Crippen molar-refractivity contribution < 1.29 is 9.53 Å². The van der Waals surface area contributed by atoms with E-state index in [1.54, 1.807) is 0 Å². The summed E-state index contributed by atoms with van der Waals surface area (Å²) in [5, 5.41) is 3.71. The Kier molecular flexibility index (Phi) is 6.84. The molecular formula is C23H29NO2. The maximum atomic E-state index is 11.7. The topological polar surface area (TPSA) is 38.3 Å². The Morgan fingerprint density at radius 2 is 2.00 bits per heavy atom. The molecule has 0 spiro atoms. The zero-order valence-corrected chi connectivity index (χ0v) is 15.7. The van der Waals surface area contributed by atoms with E-state index in [9.17, 15) is 4.79 Å². The van der Waals surface area contributed by atoms with Crippen molar-refractivity contribution in [3.05, 3.63) is 65.2 Å². The first-order chi connectivity index (χ1) is 12.7. The van der Waals surface area contributed by atoms with Crippen molar-refractivity contribution in [3.8, 4) is 5.75 Å². The molecule has 1 N–H and O–H groups in total. The monoisotopic (exact) mass is 351 g/mol. The van der Waals surface area contributed by atoms with E-state index < -0.39 is 0 Å². The molecule has 26 heavy (non-hydrogen) atoms. The molecule has 1 atom stereocenters. The summed E-state index contributed by atoms with van der Waals surface area (Å²) < 4.78 is 5.72. The number of fused-ring (bicyclic) bond motifs is 1. The van der Waals surface area contributed by atoms with E-state index in [4.69, 9.17) is 4.74 Å². The van der Waals surface area contributed by atoms with Gasteiger partial charge in [0.15, 0.2) is 5.78 Å². The van der Waals surface area contributed by atoms with Crippen LogP contribution in [0, 0.1) is 0 Å². The predicted molar refractivity (Wildman–Crippen MR) is 106 cm³/mol. The number of Topliss-reactive ketones (excluding diaryl/α,β-unsaturated/α-hetero) is 1. The van der Waals surface area contributed by atoms with E-state index in [1.165, 1.54) is 29.5 Å². The van der Waals surface area contributed by atoms with Gasteiger partial charge in [0.25, 0.3) is 0 Å². The third kappa shape index (κ3) is 5.43. The zero-order valence-electron chi connectivity index (χ0n) is 15.7. The molecule has 0 amide bonds. The predicted octanol–water partition coefficient (Wildman–Crippen LogP) is 4.47. The van der Waals surface area contributed by atoms with E-state index in [0.717, 1.165) is 31.6 Å². The van der Waals surface area contributed by atoms with Crippen LogP contribution in [0.3, 0.4) is 0 Å². The van der Waals surface area contributed by atoms with Gasteiger partial charge in [-0.15, -0.1) is 0 Å². The molecule has 3 heteroatoms. The Bertz CT molecular complexity index is 711. The van der Waals surface area contributed by atoms with Gasteiger partial charge in [-0.25, -0.2) is 0 Å². The van der Waals surface area contributed by atoms with Crippen LogP contribution in [0.25, 0.3) is 0 Å². The molecule has 0 saturated carbocycles. The van der Waals surface area contributed by atoms with Gasteiger partial charge in [-0.1, -0.05) is 43.3 Å². The average Bonchev–Trinajstić information content (AvgIpc) is 2.87. The highest BCUT2D eigenvalue weighted by Crippen LogP contribution is 2.25. The Morgan fingerprint density at radius 1 is 1.15 bits per heavy atom. The lowest BCUT2D eigenvalue weighted by Crippen LogP contribution is -2.30. The molecule has 0 aromatic heterocycles. The Hall–Kier alpha value is -2.13. The number of rotatable bonds is 8. The summed E-state index contributed by atoms with van der Waals surface area (Å²) in [5.41, 5.74) is 4.10. The molecule has 2 aromatic carbocycles. The minimum atomic E-state index is 0.171. The van der Waals surface area contributed by atoms with Gasteiger partial charge in [0, 0.05) is 19.0 Å². The normalized spacial score (nSPS) is 16.6. The maximum Gasteiger partial charge on any atom is 0.170 e. The summed E-state index contributed by atoms with van der Waals surface area (Å²) in [4.78, 5) is 11.7.